The Morgan fingerprint density at radius 2 is 1.68 bits per heavy atom. The molecule has 0 saturated heterocycles. The topological polar surface area (TPSA) is 75.5 Å². The summed E-state index contributed by atoms with van der Waals surface area (Å²) in [4.78, 5) is 17.7. The molecule has 0 unspecified atom stereocenters. The van der Waals surface area contributed by atoms with E-state index in [-0.39, 0.29) is 11.9 Å². The SMILES string of the molecule is CCCCOc1ccc(C(=O)n2nc(OCCOCC)nc2-c2ccc(C)cc2)cc1. The van der Waals surface area contributed by atoms with Crippen molar-refractivity contribution in [3.63, 3.8) is 0 Å². The lowest BCUT2D eigenvalue weighted by molar-refractivity contribution is 0.0938. The number of aromatic nitrogens is 3. The zero-order chi connectivity index (χ0) is 22.1. The Morgan fingerprint density at radius 3 is 2.35 bits per heavy atom. The molecular formula is C24H29N3O4. The minimum atomic E-state index is -0.289. The summed E-state index contributed by atoms with van der Waals surface area (Å²) in [5.74, 6) is 0.879. The number of aryl methyl sites for hydroxylation is 1. The quantitative estimate of drug-likeness (QED) is 0.422. The molecule has 0 aliphatic heterocycles. The van der Waals surface area contributed by atoms with Gasteiger partial charge < -0.3 is 14.2 Å². The van der Waals surface area contributed by atoms with E-state index in [4.69, 9.17) is 14.2 Å². The minimum Gasteiger partial charge on any atom is -0.494 e. The van der Waals surface area contributed by atoms with E-state index >= 15 is 0 Å². The highest BCUT2D eigenvalue weighted by Crippen LogP contribution is 2.22. The minimum absolute atomic E-state index is 0.142. The van der Waals surface area contributed by atoms with Gasteiger partial charge in [-0.1, -0.05) is 43.2 Å². The molecule has 0 N–H and O–H groups in total. The van der Waals surface area contributed by atoms with Gasteiger partial charge in [-0.3, -0.25) is 4.79 Å². The largest absolute Gasteiger partial charge is 0.494 e. The number of carbonyl (C=O) groups is 1. The third-order valence-corrected chi connectivity index (χ3v) is 4.62. The number of carbonyl (C=O) groups excluding carboxylic acids is 1. The first-order valence-electron chi connectivity index (χ1n) is 10.6. The summed E-state index contributed by atoms with van der Waals surface area (Å²) in [5.41, 5.74) is 2.39. The van der Waals surface area contributed by atoms with Crippen molar-refractivity contribution in [3.05, 3.63) is 59.7 Å². The normalized spacial score (nSPS) is 10.8. The van der Waals surface area contributed by atoms with Crippen LogP contribution >= 0.6 is 0 Å². The van der Waals surface area contributed by atoms with Crippen LogP contribution < -0.4 is 9.47 Å². The highest BCUT2D eigenvalue weighted by molar-refractivity contribution is 5.97. The Labute approximate surface area is 183 Å². The van der Waals surface area contributed by atoms with Crippen LogP contribution in [0.3, 0.4) is 0 Å². The van der Waals surface area contributed by atoms with Crippen LogP contribution in [0.15, 0.2) is 48.5 Å². The van der Waals surface area contributed by atoms with E-state index < -0.39 is 0 Å². The molecule has 0 radical (unpaired) electrons. The molecule has 0 bridgehead atoms. The first-order valence-corrected chi connectivity index (χ1v) is 10.6. The molecule has 1 aromatic heterocycles. The van der Waals surface area contributed by atoms with Gasteiger partial charge in [0.1, 0.15) is 12.4 Å². The van der Waals surface area contributed by atoms with E-state index in [0.717, 1.165) is 29.7 Å². The third kappa shape index (κ3) is 6.15. The summed E-state index contributed by atoms with van der Waals surface area (Å²) in [6.07, 6.45) is 2.06. The van der Waals surface area contributed by atoms with Crippen LogP contribution in [-0.4, -0.2) is 47.1 Å². The molecule has 3 aromatic rings. The number of unbranched alkanes of at least 4 members (excludes halogenated alkanes) is 1. The van der Waals surface area contributed by atoms with Gasteiger partial charge in [0.25, 0.3) is 5.91 Å². The van der Waals surface area contributed by atoms with Gasteiger partial charge in [-0.05, 0) is 44.5 Å². The molecule has 7 nitrogen and oxygen atoms in total. The molecule has 0 fully saturated rings. The lowest BCUT2D eigenvalue weighted by atomic mass is 10.1. The van der Waals surface area contributed by atoms with Gasteiger partial charge in [0, 0.05) is 17.7 Å². The number of rotatable bonds is 11. The zero-order valence-corrected chi connectivity index (χ0v) is 18.3. The monoisotopic (exact) mass is 423 g/mol. The smallest absolute Gasteiger partial charge is 0.336 e. The fourth-order valence-corrected chi connectivity index (χ4v) is 2.87. The summed E-state index contributed by atoms with van der Waals surface area (Å²) >= 11 is 0. The molecule has 1 heterocycles. The molecule has 164 valence electrons. The van der Waals surface area contributed by atoms with E-state index in [9.17, 15) is 4.79 Å². The van der Waals surface area contributed by atoms with E-state index in [1.807, 2.05) is 38.1 Å². The first-order chi connectivity index (χ1) is 15.1. The molecule has 0 atom stereocenters. The lowest BCUT2D eigenvalue weighted by Gasteiger charge is -2.07. The maximum Gasteiger partial charge on any atom is 0.336 e. The van der Waals surface area contributed by atoms with E-state index in [2.05, 4.69) is 17.0 Å². The van der Waals surface area contributed by atoms with E-state index in [0.29, 0.717) is 37.8 Å². The average Bonchev–Trinajstić information content (AvgIpc) is 3.21. The summed E-state index contributed by atoms with van der Waals surface area (Å²) in [6, 6.07) is 15.0. The lowest BCUT2D eigenvalue weighted by Crippen LogP contribution is -2.15. The second kappa shape index (κ2) is 11.3. The summed E-state index contributed by atoms with van der Waals surface area (Å²) in [7, 11) is 0. The van der Waals surface area contributed by atoms with E-state index in [1.54, 1.807) is 24.3 Å². The van der Waals surface area contributed by atoms with Crippen LogP contribution in [0, 0.1) is 6.92 Å². The van der Waals surface area contributed by atoms with Crippen molar-refractivity contribution in [2.75, 3.05) is 26.4 Å². The summed E-state index contributed by atoms with van der Waals surface area (Å²) in [6.45, 7) is 8.04. The summed E-state index contributed by atoms with van der Waals surface area (Å²) < 4.78 is 17.8. The highest BCUT2D eigenvalue weighted by atomic mass is 16.5. The van der Waals surface area contributed by atoms with Crippen molar-refractivity contribution in [2.45, 2.75) is 33.6 Å². The number of ether oxygens (including phenoxy) is 3. The van der Waals surface area contributed by atoms with Crippen molar-refractivity contribution in [1.82, 2.24) is 14.8 Å². The number of hydrogen-bond donors (Lipinski definition) is 0. The van der Waals surface area contributed by atoms with Crippen molar-refractivity contribution >= 4 is 5.91 Å². The van der Waals surface area contributed by atoms with Gasteiger partial charge in [-0.15, -0.1) is 5.10 Å². The molecule has 0 spiro atoms. The van der Waals surface area contributed by atoms with Gasteiger partial charge in [0.2, 0.25) is 0 Å². The van der Waals surface area contributed by atoms with Gasteiger partial charge in [-0.25, -0.2) is 0 Å². The Hall–Kier alpha value is -3.19. The van der Waals surface area contributed by atoms with Crippen LogP contribution in [0.2, 0.25) is 0 Å². The molecule has 0 aliphatic rings. The Kier molecular flexibility index (Phi) is 8.18. The van der Waals surface area contributed by atoms with Gasteiger partial charge in [0.15, 0.2) is 5.82 Å². The Bertz CT molecular complexity index is 965. The fraction of sp³-hybridized carbons (Fsp3) is 0.375. The highest BCUT2D eigenvalue weighted by Gasteiger charge is 2.20. The molecule has 7 heteroatoms. The van der Waals surface area contributed by atoms with Crippen LogP contribution in [0.1, 0.15) is 42.6 Å². The standard InChI is InChI=1S/C24H29N3O4/c1-4-6-15-30-21-13-11-20(12-14-21)23(28)27-22(19-9-7-18(3)8-10-19)25-24(26-27)31-17-16-29-5-2/h7-14H,4-6,15-17H2,1-3H3. The number of nitrogens with zero attached hydrogens (tertiary/aromatic N) is 3. The maximum absolute atomic E-state index is 13.2. The molecular weight excluding hydrogens is 394 g/mol. The molecule has 3 rings (SSSR count). The molecule has 0 aliphatic carbocycles. The van der Waals surface area contributed by atoms with Crippen LogP contribution in [0.4, 0.5) is 0 Å². The Balaban J connectivity index is 1.84. The van der Waals surface area contributed by atoms with Gasteiger partial charge >= 0.3 is 6.01 Å². The van der Waals surface area contributed by atoms with Gasteiger partial charge in [-0.2, -0.15) is 9.67 Å². The van der Waals surface area contributed by atoms with Crippen molar-refractivity contribution < 1.29 is 19.0 Å². The predicted octanol–water partition coefficient (Wildman–Crippen LogP) is 4.54. The second-order valence-electron chi connectivity index (χ2n) is 7.07. The van der Waals surface area contributed by atoms with Gasteiger partial charge in [0.05, 0.1) is 13.2 Å². The van der Waals surface area contributed by atoms with Crippen molar-refractivity contribution in [1.29, 1.82) is 0 Å². The van der Waals surface area contributed by atoms with E-state index in [1.165, 1.54) is 4.68 Å². The molecule has 0 saturated carbocycles. The second-order valence-corrected chi connectivity index (χ2v) is 7.07. The van der Waals surface area contributed by atoms with Crippen molar-refractivity contribution in [2.24, 2.45) is 0 Å². The third-order valence-electron chi connectivity index (χ3n) is 4.62. The number of hydrogen-bond acceptors (Lipinski definition) is 6. The number of benzene rings is 2. The maximum atomic E-state index is 13.2. The molecule has 0 amide bonds. The van der Waals surface area contributed by atoms with Crippen molar-refractivity contribution in [3.8, 4) is 23.1 Å². The zero-order valence-electron chi connectivity index (χ0n) is 18.3. The molecule has 2 aromatic carbocycles. The fourth-order valence-electron chi connectivity index (χ4n) is 2.87. The summed E-state index contributed by atoms with van der Waals surface area (Å²) in [5, 5.41) is 4.31. The first kappa shape index (κ1) is 22.5. The predicted molar refractivity (Wildman–Crippen MR) is 119 cm³/mol. The van der Waals surface area contributed by atoms with Crippen LogP contribution in [0.25, 0.3) is 11.4 Å². The van der Waals surface area contributed by atoms with Crippen LogP contribution in [0.5, 0.6) is 11.8 Å². The Morgan fingerprint density at radius 1 is 0.935 bits per heavy atom. The molecule has 31 heavy (non-hydrogen) atoms. The average molecular weight is 424 g/mol. The van der Waals surface area contributed by atoms with Crippen LogP contribution in [-0.2, 0) is 4.74 Å².